The molecule has 18 heavy (non-hydrogen) atoms. The van der Waals surface area contributed by atoms with Crippen LogP contribution < -0.4 is 10.6 Å². The van der Waals surface area contributed by atoms with E-state index in [2.05, 4.69) is 15.6 Å². The monoisotopic (exact) mass is 247 g/mol. The zero-order chi connectivity index (χ0) is 12.8. The second-order valence-corrected chi connectivity index (χ2v) is 4.92. The van der Waals surface area contributed by atoms with Gasteiger partial charge in [-0.25, -0.2) is 4.98 Å². The van der Waals surface area contributed by atoms with Crippen molar-refractivity contribution in [2.75, 3.05) is 11.9 Å². The zero-order valence-corrected chi connectivity index (χ0v) is 10.9. The molecule has 0 bridgehead atoms. The lowest BCUT2D eigenvalue weighted by Gasteiger charge is -2.20. The van der Waals surface area contributed by atoms with Crippen molar-refractivity contribution < 1.29 is 4.79 Å². The second kappa shape index (κ2) is 6.50. The van der Waals surface area contributed by atoms with Crippen LogP contribution >= 0.6 is 0 Å². The molecule has 1 aliphatic heterocycles. The molecule has 2 N–H and O–H groups in total. The molecule has 98 valence electrons. The molecule has 0 spiro atoms. The first-order valence-corrected chi connectivity index (χ1v) is 6.72. The van der Waals surface area contributed by atoms with Gasteiger partial charge in [0.05, 0.1) is 6.04 Å². The summed E-state index contributed by atoms with van der Waals surface area (Å²) in [7, 11) is 0. The quantitative estimate of drug-likeness (QED) is 0.842. The summed E-state index contributed by atoms with van der Waals surface area (Å²) in [5.74, 6) is 0.679. The molecular formula is C14H21N3O. The molecule has 4 heteroatoms. The standard InChI is InChI=1S/C14H21N3O/c1-11-7-9-16-13(10-11)17-14(18)12-6-4-2-3-5-8-15-12/h7,9-10,12,15H,2-6,8H2,1H3,(H,16,17,18). The van der Waals surface area contributed by atoms with E-state index in [9.17, 15) is 4.79 Å². The summed E-state index contributed by atoms with van der Waals surface area (Å²) >= 11 is 0. The van der Waals surface area contributed by atoms with Crippen LogP contribution in [0.4, 0.5) is 5.82 Å². The number of hydrogen-bond donors (Lipinski definition) is 2. The fourth-order valence-electron chi connectivity index (χ4n) is 2.25. The predicted octanol–water partition coefficient (Wildman–Crippen LogP) is 2.25. The summed E-state index contributed by atoms with van der Waals surface area (Å²) in [5, 5.41) is 6.20. The fraction of sp³-hybridized carbons (Fsp3) is 0.571. The third-order valence-electron chi connectivity index (χ3n) is 3.29. The average molecular weight is 247 g/mol. The van der Waals surface area contributed by atoms with E-state index in [1.54, 1.807) is 6.20 Å². The van der Waals surface area contributed by atoms with Crippen LogP contribution in [0.25, 0.3) is 0 Å². The van der Waals surface area contributed by atoms with Gasteiger partial charge in [0, 0.05) is 6.20 Å². The molecule has 4 nitrogen and oxygen atoms in total. The fourth-order valence-corrected chi connectivity index (χ4v) is 2.25. The average Bonchev–Trinajstić information content (AvgIpc) is 2.28. The van der Waals surface area contributed by atoms with E-state index in [-0.39, 0.29) is 11.9 Å². The third kappa shape index (κ3) is 3.81. The van der Waals surface area contributed by atoms with E-state index >= 15 is 0 Å². The molecule has 0 aromatic carbocycles. The Morgan fingerprint density at radius 3 is 3.06 bits per heavy atom. The Labute approximate surface area is 108 Å². The predicted molar refractivity (Wildman–Crippen MR) is 72.5 cm³/mol. The number of aromatic nitrogens is 1. The second-order valence-electron chi connectivity index (χ2n) is 4.92. The molecule has 0 radical (unpaired) electrons. The highest BCUT2D eigenvalue weighted by Gasteiger charge is 2.18. The van der Waals surface area contributed by atoms with Crippen molar-refractivity contribution in [2.45, 2.75) is 45.1 Å². The lowest BCUT2D eigenvalue weighted by Crippen LogP contribution is -2.41. The smallest absolute Gasteiger partial charge is 0.242 e. The Kier molecular flexibility index (Phi) is 4.70. The molecule has 0 aliphatic carbocycles. The number of aryl methyl sites for hydroxylation is 1. The van der Waals surface area contributed by atoms with Gasteiger partial charge in [-0.3, -0.25) is 4.79 Å². The number of nitrogens with one attached hydrogen (secondary N) is 2. The van der Waals surface area contributed by atoms with Gasteiger partial charge in [-0.2, -0.15) is 0 Å². The van der Waals surface area contributed by atoms with Crippen LogP contribution in [0.2, 0.25) is 0 Å². The highest BCUT2D eigenvalue weighted by molar-refractivity contribution is 5.94. The molecule has 1 unspecified atom stereocenters. The maximum absolute atomic E-state index is 12.1. The van der Waals surface area contributed by atoms with Crippen LogP contribution in [-0.4, -0.2) is 23.5 Å². The topological polar surface area (TPSA) is 54.0 Å². The number of pyridine rings is 1. The van der Waals surface area contributed by atoms with Crippen molar-refractivity contribution in [3.63, 3.8) is 0 Å². The van der Waals surface area contributed by atoms with Crippen molar-refractivity contribution in [1.29, 1.82) is 0 Å². The van der Waals surface area contributed by atoms with E-state index in [1.165, 1.54) is 12.8 Å². The minimum Gasteiger partial charge on any atom is -0.309 e. The van der Waals surface area contributed by atoms with Crippen molar-refractivity contribution in [2.24, 2.45) is 0 Å². The number of anilines is 1. The summed E-state index contributed by atoms with van der Waals surface area (Å²) in [6.07, 6.45) is 7.40. The van der Waals surface area contributed by atoms with Gasteiger partial charge >= 0.3 is 0 Å². The van der Waals surface area contributed by atoms with Gasteiger partial charge in [-0.15, -0.1) is 0 Å². The minimum atomic E-state index is -0.0763. The maximum atomic E-state index is 12.1. The zero-order valence-electron chi connectivity index (χ0n) is 10.9. The number of hydrogen-bond acceptors (Lipinski definition) is 3. The summed E-state index contributed by atoms with van der Waals surface area (Å²) < 4.78 is 0. The number of rotatable bonds is 2. The first kappa shape index (κ1) is 13.0. The van der Waals surface area contributed by atoms with Crippen molar-refractivity contribution in [3.05, 3.63) is 23.9 Å². The van der Waals surface area contributed by atoms with E-state index in [4.69, 9.17) is 0 Å². The summed E-state index contributed by atoms with van der Waals surface area (Å²) in [6, 6.07) is 3.73. The Morgan fingerprint density at radius 2 is 2.22 bits per heavy atom. The van der Waals surface area contributed by atoms with Crippen LogP contribution in [0.1, 0.15) is 37.7 Å². The number of amides is 1. The van der Waals surface area contributed by atoms with Gasteiger partial charge in [0.2, 0.25) is 5.91 Å². The van der Waals surface area contributed by atoms with E-state index in [1.807, 2.05) is 19.1 Å². The van der Waals surface area contributed by atoms with E-state index in [0.717, 1.165) is 31.4 Å². The molecule has 1 atom stereocenters. The molecule has 1 aromatic heterocycles. The lowest BCUT2D eigenvalue weighted by molar-refractivity contribution is -0.118. The summed E-state index contributed by atoms with van der Waals surface area (Å²) in [5.41, 5.74) is 1.10. The number of nitrogens with zero attached hydrogens (tertiary/aromatic N) is 1. The molecule has 0 saturated carbocycles. The summed E-state index contributed by atoms with van der Waals surface area (Å²) in [6.45, 7) is 2.92. The molecule has 1 aliphatic rings. The van der Waals surface area contributed by atoms with Crippen LogP contribution in [-0.2, 0) is 4.79 Å². The van der Waals surface area contributed by atoms with Gasteiger partial charge in [0.15, 0.2) is 0 Å². The Morgan fingerprint density at radius 1 is 1.39 bits per heavy atom. The van der Waals surface area contributed by atoms with Crippen LogP contribution in [0.15, 0.2) is 18.3 Å². The Hall–Kier alpha value is -1.42. The normalized spacial score (nSPS) is 20.8. The molecule has 1 aromatic rings. The van der Waals surface area contributed by atoms with E-state index in [0.29, 0.717) is 5.82 Å². The SMILES string of the molecule is Cc1ccnc(NC(=O)C2CCCCCCN2)c1. The van der Waals surface area contributed by atoms with Crippen LogP contribution in [0, 0.1) is 6.92 Å². The molecule has 1 amide bonds. The Bertz CT molecular complexity index is 398. The summed E-state index contributed by atoms with van der Waals surface area (Å²) in [4.78, 5) is 16.3. The van der Waals surface area contributed by atoms with Gasteiger partial charge in [-0.05, 0) is 44.0 Å². The Balaban J connectivity index is 1.93. The molecule has 1 saturated heterocycles. The molecular weight excluding hydrogens is 226 g/mol. The molecule has 2 rings (SSSR count). The highest BCUT2D eigenvalue weighted by Crippen LogP contribution is 2.12. The van der Waals surface area contributed by atoms with Crippen LogP contribution in [0.5, 0.6) is 0 Å². The van der Waals surface area contributed by atoms with Gasteiger partial charge in [0.1, 0.15) is 5.82 Å². The lowest BCUT2D eigenvalue weighted by atomic mass is 10.0. The number of carbonyl (C=O) groups is 1. The van der Waals surface area contributed by atoms with Gasteiger partial charge in [-0.1, -0.05) is 19.3 Å². The van der Waals surface area contributed by atoms with Crippen molar-refractivity contribution in [3.8, 4) is 0 Å². The van der Waals surface area contributed by atoms with Gasteiger partial charge < -0.3 is 10.6 Å². The van der Waals surface area contributed by atoms with Crippen molar-refractivity contribution in [1.82, 2.24) is 10.3 Å². The van der Waals surface area contributed by atoms with Gasteiger partial charge in [0.25, 0.3) is 0 Å². The van der Waals surface area contributed by atoms with Crippen molar-refractivity contribution >= 4 is 11.7 Å². The highest BCUT2D eigenvalue weighted by atomic mass is 16.2. The molecule has 1 fully saturated rings. The first-order valence-electron chi connectivity index (χ1n) is 6.72. The first-order chi connectivity index (χ1) is 8.75. The van der Waals surface area contributed by atoms with E-state index < -0.39 is 0 Å². The molecule has 2 heterocycles. The maximum Gasteiger partial charge on any atom is 0.242 e. The third-order valence-corrected chi connectivity index (χ3v) is 3.29. The van der Waals surface area contributed by atoms with Crippen LogP contribution in [0.3, 0.4) is 0 Å². The largest absolute Gasteiger partial charge is 0.309 e. The number of carbonyl (C=O) groups excluding carboxylic acids is 1. The minimum absolute atomic E-state index is 0.0370.